The van der Waals surface area contributed by atoms with Crippen LogP contribution in [0.5, 0.6) is 0 Å². The van der Waals surface area contributed by atoms with Crippen molar-refractivity contribution in [3.63, 3.8) is 0 Å². The van der Waals surface area contributed by atoms with E-state index in [2.05, 4.69) is 5.32 Å². The number of aromatic nitrogens is 1. The molecule has 1 fully saturated rings. The molecule has 112 valence electrons. The highest BCUT2D eigenvalue weighted by Gasteiger charge is 2.26. The molecule has 1 aromatic rings. The van der Waals surface area contributed by atoms with Crippen LogP contribution >= 0.6 is 0 Å². The maximum atomic E-state index is 12.4. The number of nitrogens with one attached hydrogen (secondary N) is 1. The van der Waals surface area contributed by atoms with Gasteiger partial charge in [-0.3, -0.25) is 9.36 Å². The van der Waals surface area contributed by atoms with Crippen LogP contribution < -0.4 is 11.1 Å². The van der Waals surface area contributed by atoms with Crippen LogP contribution in [-0.2, 0) is 4.79 Å². The first-order chi connectivity index (χ1) is 9.54. The molecule has 0 radical (unpaired) electrons. The van der Waals surface area contributed by atoms with E-state index in [0.29, 0.717) is 12.2 Å². The quantitative estimate of drug-likeness (QED) is 0.921. The van der Waals surface area contributed by atoms with Crippen molar-refractivity contribution in [2.45, 2.75) is 71.4 Å². The normalized spacial score (nSPS) is 17.9. The van der Waals surface area contributed by atoms with Gasteiger partial charge in [-0.15, -0.1) is 0 Å². The number of hydrogen-bond donors (Lipinski definition) is 1. The monoisotopic (exact) mass is 280 g/mol. The molecule has 5 heteroatoms. The number of hydrogen-bond acceptors (Lipinski definition) is 3. The molecular weight excluding hydrogens is 256 g/mol. The van der Waals surface area contributed by atoms with E-state index in [1.54, 1.807) is 6.92 Å². The van der Waals surface area contributed by atoms with Crippen molar-refractivity contribution in [3.05, 3.63) is 22.0 Å². The first kappa shape index (κ1) is 14.9. The van der Waals surface area contributed by atoms with Gasteiger partial charge in [-0.05, 0) is 33.1 Å². The highest BCUT2D eigenvalue weighted by molar-refractivity contribution is 5.80. The summed E-state index contributed by atoms with van der Waals surface area (Å²) in [7, 11) is 0. The van der Waals surface area contributed by atoms with E-state index in [0.717, 1.165) is 18.5 Å². The molecule has 0 unspecified atom stereocenters. The summed E-state index contributed by atoms with van der Waals surface area (Å²) in [6, 6.07) is -0.212. The van der Waals surface area contributed by atoms with E-state index in [1.165, 1.54) is 23.8 Å². The molecular formula is C15H24N2O3. The summed E-state index contributed by atoms with van der Waals surface area (Å²) in [5.74, 6) is 0.0787. The standard InChI is InChI=1S/C15H24N2O3/c1-4-13(17-10(2)11(3)20-15(17)19)14(18)16-12-8-6-5-7-9-12/h12-13H,4-9H2,1-3H3,(H,16,18)/t13-/m0/s1. The van der Waals surface area contributed by atoms with E-state index >= 15 is 0 Å². The Morgan fingerprint density at radius 2 is 2.00 bits per heavy atom. The summed E-state index contributed by atoms with van der Waals surface area (Å²) >= 11 is 0. The van der Waals surface area contributed by atoms with Gasteiger partial charge in [0.25, 0.3) is 0 Å². The van der Waals surface area contributed by atoms with Gasteiger partial charge in [0.1, 0.15) is 11.8 Å². The summed E-state index contributed by atoms with van der Waals surface area (Å²) in [5, 5.41) is 3.09. The highest BCUT2D eigenvalue weighted by Crippen LogP contribution is 2.20. The summed E-state index contributed by atoms with van der Waals surface area (Å²) in [4.78, 5) is 24.3. The molecule has 1 aromatic heterocycles. The van der Waals surface area contributed by atoms with Crippen LogP contribution in [-0.4, -0.2) is 16.5 Å². The summed E-state index contributed by atoms with van der Waals surface area (Å²) < 4.78 is 6.58. The lowest BCUT2D eigenvalue weighted by molar-refractivity contribution is -0.125. The Bertz CT molecular complexity index is 524. The first-order valence-electron chi connectivity index (χ1n) is 7.53. The van der Waals surface area contributed by atoms with Gasteiger partial charge < -0.3 is 9.73 Å². The first-order valence-corrected chi connectivity index (χ1v) is 7.53. The number of carbonyl (C=O) groups excluding carboxylic acids is 1. The van der Waals surface area contributed by atoms with Crippen molar-refractivity contribution >= 4 is 5.91 Å². The topological polar surface area (TPSA) is 64.2 Å². The minimum absolute atomic E-state index is 0.0644. The largest absolute Gasteiger partial charge is 0.420 e. The van der Waals surface area contributed by atoms with Crippen LogP contribution in [0.25, 0.3) is 0 Å². The predicted molar refractivity (Wildman–Crippen MR) is 76.8 cm³/mol. The summed E-state index contributed by atoms with van der Waals surface area (Å²) in [6.07, 6.45) is 6.26. The SMILES string of the molecule is CC[C@@H](C(=O)NC1CCCCC1)n1c(C)c(C)oc1=O. The summed E-state index contributed by atoms with van der Waals surface area (Å²) in [6.45, 7) is 5.48. The van der Waals surface area contributed by atoms with Crippen molar-refractivity contribution < 1.29 is 9.21 Å². The van der Waals surface area contributed by atoms with Gasteiger partial charge in [-0.2, -0.15) is 0 Å². The molecule has 1 aliphatic rings. The lowest BCUT2D eigenvalue weighted by atomic mass is 9.95. The van der Waals surface area contributed by atoms with Gasteiger partial charge >= 0.3 is 5.76 Å². The van der Waals surface area contributed by atoms with Gasteiger partial charge in [0.2, 0.25) is 5.91 Å². The van der Waals surface area contributed by atoms with Crippen molar-refractivity contribution in [2.75, 3.05) is 0 Å². The van der Waals surface area contributed by atoms with Crippen molar-refractivity contribution in [2.24, 2.45) is 0 Å². The Hall–Kier alpha value is -1.52. The second-order valence-corrected chi connectivity index (χ2v) is 5.65. The Morgan fingerprint density at radius 1 is 1.35 bits per heavy atom. The zero-order valence-corrected chi connectivity index (χ0v) is 12.6. The van der Waals surface area contributed by atoms with E-state index in [4.69, 9.17) is 4.42 Å². The fraction of sp³-hybridized carbons (Fsp3) is 0.733. The minimum Gasteiger partial charge on any atom is -0.413 e. The van der Waals surface area contributed by atoms with E-state index in [1.807, 2.05) is 13.8 Å². The maximum absolute atomic E-state index is 12.4. The third-order valence-electron chi connectivity index (χ3n) is 4.26. The smallest absolute Gasteiger partial charge is 0.413 e. The minimum atomic E-state index is -0.470. The molecule has 1 heterocycles. The zero-order valence-electron chi connectivity index (χ0n) is 12.6. The van der Waals surface area contributed by atoms with Crippen LogP contribution in [0.15, 0.2) is 9.21 Å². The molecule has 1 amide bonds. The van der Waals surface area contributed by atoms with Gasteiger partial charge in [0, 0.05) is 6.04 Å². The van der Waals surface area contributed by atoms with Gasteiger partial charge in [-0.1, -0.05) is 26.2 Å². The van der Waals surface area contributed by atoms with Crippen LogP contribution in [0.2, 0.25) is 0 Å². The van der Waals surface area contributed by atoms with Crippen molar-refractivity contribution in [3.8, 4) is 0 Å². The average molecular weight is 280 g/mol. The summed E-state index contributed by atoms with van der Waals surface area (Å²) in [5.41, 5.74) is 0.737. The molecule has 20 heavy (non-hydrogen) atoms. The van der Waals surface area contributed by atoms with Crippen LogP contribution in [0.1, 0.15) is 62.9 Å². The van der Waals surface area contributed by atoms with Gasteiger partial charge in [0.15, 0.2) is 0 Å². The van der Waals surface area contributed by atoms with E-state index in [-0.39, 0.29) is 11.9 Å². The Kier molecular flexibility index (Phi) is 4.68. The molecule has 1 atom stereocenters. The molecule has 0 bridgehead atoms. The fourth-order valence-corrected chi connectivity index (χ4v) is 2.95. The second-order valence-electron chi connectivity index (χ2n) is 5.65. The van der Waals surface area contributed by atoms with E-state index < -0.39 is 11.8 Å². The molecule has 0 aliphatic heterocycles. The lowest BCUT2D eigenvalue weighted by Crippen LogP contribution is -2.42. The molecule has 1 saturated carbocycles. The van der Waals surface area contributed by atoms with Crippen molar-refractivity contribution in [1.29, 1.82) is 0 Å². The number of rotatable bonds is 4. The number of amides is 1. The van der Waals surface area contributed by atoms with Crippen LogP contribution in [0.3, 0.4) is 0 Å². The maximum Gasteiger partial charge on any atom is 0.420 e. The Balaban J connectivity index is 2.14. The molecule has 0 spiro atoms. The van der Waals surface area contributed by atoms with Crippen LogP contribution in [0, 0.1) is 13.8 Å². The lowest BCUT2D eigenvalue weighted by Gasteiger charge is -2.25. The van der Waals surface area contributed by atoms with Gasteiger partial charge in [0.05, 0.1) is 5.69 Å². The molecule has 2 rings (SSSR count). The zero-order chi connectivity index (χ0) is 14.7. The predicted octanol–water partition coefficient (Wildman–Crippen LogP) is 2.46. The van der Waals surface area contributed by atoms with Gasteiger partial charge in [-0.25, -0.2) is 4.79 Å². The number of carbonyl (C=O) groups is 1. The highest BCUT2D eigenvalue weighted by atomic mass is 16.4. The third-order valence-corrected chi connectivity index (χ3v) is 4.26. The number of oxazole rings is 1. The van der Waals surface area contributed by atoms with E-state index in [9.17, 15) is 9.59 Å². The molecule has 0 saturated heterocycles. The van der Waals surface area contributed by atoms with Crippen LogP contribution in [0.4, 0.5) is 0 Å². The third kappa shape index (κ3) is 2.97. The Morgan fingerprint density at radius 3 is 2.50 bits per heavy atom. The molecule has 0 aromatic carbocycles. The average Bonchev–Trinajstić information content (AvgIpc) is 2.67. The Labute approximate surface area is 119 Å². The second kappa shape index (κ2) is 6.29. The fourth-order valence-electron chi connectivity index (χ4n) is 2.95. The molecule has 1 N–H and O–H groups in total. The number of aryl methyl sites for hydroxylation is 1. The molecule has 5 nitrogen and oxygen atoms in total. The molecule has 1 aliphatic carbocycles. The number of nitrogens with zero attached hydrogens (tertiary/aromatic N) is 1. The van der Waals surface area contributed by atoms with Crippen molar-refractivity contribution in [1.82, 2.24) is 9.88 Å².